The average molecular weight is 542 g/mol. The zero-order valence-electron chi connectivity index (χ0n) is 21.2. The molecule has 3 aromatic rings. The highest BCUT2D eigenvalue weighted by Gasteiger charge is 2.30. The summed E-state index contributed by atoms with van der Waals surface area (Å²) in [7, 11) is 1.38. The van der Waals surface area contributed by atoms with Crippen molar-refractivity contribution in [3.8, 4) is 22.9 Å². The molecule has 0 bridgehead atoms. The lowest BCUT2D eigenvalue weighted by Crippen LogP contribution is -2.24. The smallest absolute Gasteiger partial charge is 0.280 e. The third-order valence-corrected chi connectivity index (χ3v) is 6.00. The number of aromatic nitrogens is 3. The molecule has 1 unspecified atom stereocenters. The number of nitriles is 1. The molecule has 0 saturated heterocycles. The number of pyridine rings is 3. The summed E-state index contributed by atoms with van der Waals surface area (Å²) in [4.78, 5) is 28.0. The number of thioether (sulfide) groups is 1. The van der Waals surface area contributed by atoms with E-state index in [0.29, 0.717) is 17.2 Å². The van der Waals surface area contributed by atoms with E-state index < -0.39 is 18.0 Å². The normalized spacial score (nSPS) is 13.3. The van der Waals surface area contributed by atoms with E-state index in [4.69, 9.17) is 21.5 Å². The Morgan fingerprint density at radius 2 is 1.92 bits per heavy atom. The highest BCUT2D eigenvalue weighted by molar-refractivity contribution is 8.14. The first-order valence-electron chi connectivity index (χ1n) is 11.7. The monoisotopic (exact) mass is 541 g/mol. The van der Waals surface area contributed by atoms with Crippen molar-refractivity contribution in [1.82, 2.24) is 15.0 Å². The Labute approximate surface area is 224 Å². The van der Waals surface area contributed by atoms with Crippen LogP contribution in [-0.2, 0) is 0 Å². The summed E-state index contributed by atoms with van der Waals surface area (Å²) in [5.74, 6) is -0.00409. The van der Waals surface area contributed by atoms with Crippen LogP contribution in [0.1, 0.15) is 54.9 Å². The number of amidine groups is 1. The molecule has 200 valence electrons. The van der Waals surface area contributed by atoms with Gasteiger partial charge >= 0.3 is 0 Å². The van der Waals surface area contributed by atoms with Crippen molar-refractivity contribution in [2.24, 2.45) is 22.4 Å². The standard InChI is InChI=1S/C18H19F2N5O2S.C6H4N2.C2H6/c1-27-14-8-24-13(15(19)20)6-11(14)12-7-23-5-4-10(12)17(26)25-18(22)28-16(21)9-2-3-9;7-5-6-3-1-2-4-8-6;1-2/h4-9,15-16H,2-3,21H2,1H3,(H2,22,25,26);1-4H;1-2H3. The summed E-state index contributed by atoms with van der Waals surface area (Å²) in [6.45, 7) is 4.00. The molecule has 1 amide bonds. The molecule has 3 aromatic heterocycles. The van der Waals surface area contributed by atoms with Crippen molar-refractivity contribution >= 4 is 22.8 Å². The number of alkyl halides is 2. The van der Waals surface area contributed by atoms with Gasteiger partial charge in [0.1, 0.15) is 23.2 Å². The second-order valence-corrected chi connectivity index (χ2v) is 8.73. The molecule has 3 heterocycles. The Bertz CT molecular complexity index is 1270. The Balaban J connectivity index is 0.000000428. The van der Waals surface area contributed by atoms with E-state index in [2.05, 4.69) is 19.9 Å². The van der Waals surface area contributed by atoms with E-state index in [1.807, 2.05) is 19.9 Å². The van der Waals surface area contributed by atoms with E-state index >= 15 is 0 Å². The number of ether oxygens (including phenoxy) is 1. The van der Waals surface area contributed by atoms with E-state index in [1.54, 1.807) is 24.4 Å². The first-order chi connectivity index (χ1) is 18.3. The number of carbonyl (C=O) groups is 1. The quantitative estimate of drug-likeness (QED) is 0.251. The fraction of sp³-hybridized carbons (Fsp3) is 0.308. The van der Waals surface area contributed by atoms with E-state index in [-0.39, 0.29) is 27.4 Å². The molecule has 1 saturated carbocycles. The van der Waals surface area contributed by atoms with Crippen molar-refractivity contribution in [2.45, 2.75) is 38.5 Å². The summed E-state index contributed by atoms with van der Waals surface area (Å²) < 4.78 is 31.4. The predicted octanol–water partition coefficient (Wildman–Crippen LogP) is 4.95. The van der Waals surface area contributed by atoms with Crippen LogP contribution in [0.3, 0.4) is 0 Å². The molecule has 4 rings (SSSR count). The van der Waals surface area contributed by atoms with Gasteiger partial charge in [0.15, 0.2) is 5.17 Å². The maximum atomic E-state index is 13.1. The van der Waals surface area contributed by atoms with Crippen molar-refractivity contribution < 1.29 is 18.3 Å². The SMILES string of the molecule is CC.COc1cnc(C(F)F)cc1-c1cnccc1C(=O)N=C(N)SC(N)C1CC1.N#Cc1ccccn1. The molecule has 0 radical (unpaired) electrons. The molecule has 12 heteroatoms. The Hall–Kier alpha value is -3.95. The lowest BCUT2D eigenvalue weighted by atomic mass is 10.0. The molecule has 9 nitrogen and oxygen atoms in total. The molecule has 0 aromatic carbocycles. The zero-order chi connectivity index (χ0) is 28.1. The van der Waals surface area contributed by atoms with Crippen LogP contribution in [0.5, 0.6) is 5.75 Å². The lowest BCUT2D eigenvalue weighted by molar-refractivity contribution is 0.100. The summed E-state index contributed by atoms with van der Waals surface area (Å²) in [6.07, 6.45) is 4.88. The Morgan fingerprint density at radius 3 is 2.47 bits per heavy atom. The maximum absolute atomic E-state index is 13.1. The molecule has 0 aliphatic heterocycles. The van der Waals surface area contributed by atoms with Gasteiger partial charge in [-0.25, -0.2) is 13.8 Å². The first kappa shape index (κ1) is 30.3. The van der Waals surface area contributed by atoms with Crippen LogP contribution in [-0.4, -0.2) is 38.5 Å². The molecular weight excluding hydrogens is 512 g/mol. The fourth-order valence-corrected chi connectivity index (χ4v) is 3.90. The molecule has 1 fully saturated rings. The van der Waals surface area contributed by atoms with Gasteiger partial charge in [-0.2, -0.15) is 10.3 Å². The van der Waals surface area contributed by atoms with Gasteiger partial charge in [0.2, 0.25) is 0 Å². The number of carbonyl (C=O) groups excluding carboxylic acids is 1. The molecule has 1 aliphatic rings. The molecule has 1 aliphatic carbocycles. The molecular formula is C26H29F2N7O2S. The van der Waals surface area contributed by atoms with Crippen LogP contribution in [0, 0.1) is 17.2 Å². The number of methoxy groups -OCH3 is 1. The van der Waals surface area contributed by atoms with Gasteiger partial charge in [0.05, 0.1) is 24.2 Å². The highest BCUT2D eigenvalue weighted by atomic mass is 32.2. The highest BCUT2D eigenvalue weighted by Crippen LogP contribution is 2.37. The maximum Gasteiger partial charge on any atom is 0.280 e. The predicted molar refractivity (Wildman–Crippen MR) is 144 cm³/mol. The first-order valence-corrected chi connectivity index (χ1v) is 12.6. The third kappa shape index (κ3) is 8.86. The minimum Gasteiger partial charge on any atom is -0.494 e. The van der Waals surface area contributed by atoms with Gasteiger partial charge in [0.25, 0.3) is 12.3 Å². The number of nitrogens with two attached hydrogens (primary N) is 2. The van der Waals surface area contributed by atoms with Crippen molar-refractivity contribution in [3.63, 3.8) is 0 Å². The third-order valence-electron chi connectivity index (χ3n) is 5.01. The summed E-state index contributed by atoms with van der Waals surface area (Å²) in [5, 5.41) is 8.08. The molecule has 38 heavy (non-hydrogen) atoms. The largest absolute Gasteiger partial charge is 0.494 e. The number of hydrogen-bond acceptors (Lipinski definition) is 8. The van der Waals surface area contributed by atoms with Gasteiger partial charge < -0.3 is 16.2 Å². The summed E-state index contributed by atoms with van der Waals surface area (Å²) in [6, 6.07) is 9.76. The average Bonchev–Trinajstić information content (AvgIpc) is 3.80. The molecule has 4 N–H and O–H groups in total. The number of hydrogen-bond donors (Lipinski definition) is 2. The van der Waals surface area contributed by atoms with Gasteiger partial charge in [0, 0.05) is 29.7 Å². The Kier molecular flexibility index (Phi) is 12.2. The van der Waals surface area contributed by atoms with Crippen LogP contribution >= 0.6 is 11.8 Å². The van der Waals surface area contributed by atoms with Gasteiger partial charge in [-0.3, -0.25) is 14.8 Å². The molecule has 0 spiro atoms. The van der Waals surface area contributed by atoms with Gasteiger partial charge in [-0.05, 0) is 43.0 Å². The summed E-state index contributed by atoms with van der Waals surface area (Å²) in [5.41, 5.74) is 12.6. The topological polar surface area (TPSA) is 153 Å². The Morgan fingerprint density at radius 1 is 1.18 bits per heavy atom. The second kappa shape index (κ2) is 15.3. The second-order valence-electron chi connectivity index (χ2n) is 7.53. The number of aliphatic imine (C=N–C) groups is 1. The lowest BCUT2D eigenvalue weighted by Gasteiger charge is -2.12. The van der Waals surface area contributed by atoms with Crippen LogP contribution in [0.4, 0.5) is 8.78 Å². The van der Waals surface area contributed by atoms with E-state index in [0.717, 1.165) is 24.6 Å². The van der Waals surface area contributed by atoms with Crippen LogP contribution in [0.25, 0.3) is 11.1 Å². The van der Waals surface area contributed by atoms with Crippen LogP contribution in [0.2, 0.25) is 0 Å². The van der Waals surface area contributed by atoms with E-state index in [9.17, 15) is 13.6 Å². The minimum atomic E-state index is -2.77. The van der Waals surface area contributed by atoms with Gasteiger partial charge in [-0.1, -0.05) is 31.7 Å². The van der Waals surface area contributed by atoms with Crippen LogP contribution < -0.4 is 16.2 Å². The van der Waals surface area contributed by atoms with Gasteiger partial charge in [-0.15, -0.1) is 0 Å². The number of halogens is 2. The zero-order valence-corrected chi connectivity index (χ0v) is 22.0. The minimum absolute atomic E-state index is 0.0575. The summed E-state index contributed by atoms with van der Waals surface area (Å²) >= 11 is 1.14. The number of amides is 1. The van der Waals surface area contributed by atoms with Crippen molar-refractivity contribution in [2.75, 3.05) is 7.11 Å². The van der Waals surface area contributed by atoms with E-state index in [1.165, 1.54) is 37.8 Å². The van der Waals surface area contributed by atoms with Crippen molar-refractivity contribution in [1.29, 1.82) is 5.26 Å². The number of rotatable bonds is 6. The molecule has 1 atom stereocenters. The fourth-order valence-electron chi connectivity index (χ4n) is 3.02. The number of nitrogens with zero attached hydrogens (tertiary/aromatic N) is 5. The van der Waals surface area contributed by atoms with Crippen LogP contribution in [0.15, 0.2) is 60.1 Å². The van der Waals surface area contributed by atoms with Crippen molar-refractivity contribution in [3.05, 3.63) is 72.1 Å².